The molecule has 0 heterocycles. The second-order valence-corrected chi connectivity index (χ2v) is 2.09. The third-order valence-corrected chi connectivity index (χ3v) is 1.28. The van der Waals surface area contributed by atoms with Crippen molar-refractivity contribution >= 4 is 0 Å². The Bertz CT molecular complexity index is 253. The van der Waals surface area contributed by atoms with Crippen molar-refractivity contribution in [1.29, 1.82) is 0 Å². The molecular weight excluding hydrogens is 136 g/mol. The number of ether oxygens (including phenoxy) is 1. The highest BCUT2D eigenvalue weighted by molar-refractivity contribution is 5.19. The third-order valence-electron chi connectivity index (χ3n) is 1.28. The highest BCUT2D eigenvalue weighted by Gasteiger charge is 1.84. The van der Waals surface area contributed by atoms with E-state index in [4.69, 9.17) is 0 Å². The Balaban J connectivity index is 2.52. The molecule has 0 aliphatic heterocycles. The Kier molecular flexibility index (Phi) is 3.08. The van der Waals surface area contributed by atoms with Crippen LogP contribution in [0.3, 0.4) is 0 Å². The van der Waals surface area contributed by atoms with E-state index in [0.717, 1.165) is 6.42 Å². The molecular formula is C10H9O. The van der Waals surface area contributed by atoms with Crippen LogP contribution in [0.2, 0.25) is 0 Å². The summed E-state index contributed by atoms with van der Waals surface area (Å²) in [7, 11) is 3.14. The first-order chi connectivity index (χ1) is 5.43. The van der Waals surface area contributed by atoms with E-state index in [0.29, 0.717) is 0 Å². The highest BCUT2D eigenvalue weighted by atomic mass is 16.5. The van der Waals surface area contributed by atoms with Gasteiger partial charge >= 0.3 is 0 Å². The SMILES string of the molecule is [CH2]OC#CCc1ccccc1. The summed E-state index contributed by atoms with van der Waals surface area (Å²) in [6, 6.07) is 10.0. The zero-order valence-electron chi connectivity index (χ0n) is 6.21. The smallest absolute Gasteiger partial charge is 0.135 e. The van der Waals surface area contributed by atoms with Crippen LogP contribution in [0.1, 0.15) is 5.56 Å². The molecule has 0 bridgehead atoms. The molecule has 1 rings (SSSR count). The van der Waals surface area contributed by atoms with Gasteiger partial charge in [-0.1, -0.05) is 36.3 Å². The first-order valence-electron chi connectivity index (χ1n) is 3.36. The Morgan fingerprint density at radius 2 is 2.00 bits per heavy atom. The Morgan fingerprint density at radius 3 is 2.64 bits per heavy atom. The van der Waals surface area contributed by atoms with Gasteiger partial charge in [-0.05, 0) is 5.56 Å². The summed E-state index contributed by atoms with van der Waals surface area (Å²) < 4.78 is 4.35. The van der Waals surface area contributed by atoms with E-state index >= 15 is 0 Å². The van der Waals surface area contributed by atoms with Crippen molar-refractivity contribution in [2.45, 2.75) is 6.42 Å². The van der Waals surface area contributed by atoms with Crippen molar-refractivity contribution in [2.75, 3.05) is 0 Å². The maximum atomic E-state index is 4.35. The van der Waals surface area contributed by atoms with E-state index in [9.17, 15) is 0 Å². The van der Waals surface area contributed by atoms with E-state index in [1.807, 2.05) is 30.3 Å². The molecule has 1 heteroatoms. The molecule has 1 aromatic rings. The molecule has 0 aromatic heterocycles. The number of benzene rings is 1. The van der Waals surface area contributed by atoms with Gasteiger partial charge in [0, 0.05) is 6.42 Å². The summed E-state index contributed by atoms with van der Waals surface area (Å²) in [6.45, 7) is 0. The maximum Gasteiger partial charge on any atom is 0.135 e. The van der Waals surface area contributed by atoms with Gasteiger partial charge in [0.1, 0.15) is 13.2 Å². The van der Waals surface area contributed by atoms with Crippen LogP contribution >= 0.6 is 0 Å². The van der Waals surface area contributed by atoms with E-state index < -0.39 is 0 Å². The van der Waals surface area contributed by atoms with Crippen LogP contribution in [-0.4, -0.2) is 0 Å². The monoisotopic (exact) mass is 145 g/mol. The van der Waals surface area contributed by atoms with Crippen molar-refractivity contribution in [1.82, 2.24) is 0 Å². The minimum atomic E-state index is 0.719. The van der Waals surface area contributed by atoms with Gasteiger partial charge < -0.3 is 4.74 Å². The van der Waals surface area contributed by atoms with Gasteiger partial charge in [-0.25, -0.2) is 0 Å². The zero-order valence-corrected chi connectivity index (χ0v) is 6.21. The van der Waals surface area contributed by atoms with Crippen molar-refractivity contribution in [3.63, 3.8) is 0 Å². The molecule has 1 aromatic carbocycles. The van der Waals surface area contributed by atoms with Crippen LogP contribution in [-0.2, 0) is 11.2 Å². The minimum Gasteiger partial charge on any atom is -0.443 e. The van der Waals surface area contributed by atoms with Gasteiger partial charge in [0.25, 0.3) is 0 Å². The topological polar surface area (TPSA) is 9.23 Å². The number of hydrogen-bond donors (Lipinski definition) is 0. The zero-order chi connectivity index (χ0) is 7.94. The summed E-state index contributed by atoms with van der Waals surface area (Å²) in [5.74, 6) is 2.82. The van der Waals surface area contributed by atoms with Crippen LogP contribution in [0.5, 0.6) is 0 Å². The number of rotatable bonds is 1. The lowest BCUT2D eigenvalue weighted by Gasteiger charge is -1.90. The van der Waals surface area contributed by atoms with Gasteiger partial charge in [0.05, 0.1) is 0 Å². The standard InChI is InChI=1S/C10H9O/c1-11-9-5-8-10-6-3-2-4-7-10/h2-4,6-7H,1,8H2. The van der Waals surface area contributed by atoms with Crippen LogP contribution < -0.4 is 0 Å². The predicted molar refractivity (Wildman–Crippen MR) is 44.4 cm³/mol. The molecule has 0 amide bonds. The van der Waals surface area contributed by atoms with Gasteiger partial charge in [-0.2, -0.15) is 0 Å². The van der Waals surface area contributed by atoms with Gasteiger partial charge in [-0.15, -0.1) is 0 Å². The Morgan fingerprint density at radius 1 is 1.27 bits per heavy atom. The second kappa shape index (κ2) is 4.40. The molecule has 0 atom stereocenters. The molecule has 0 spiro atoms. The molecule has 0 saturated heterocycles. The fraction of sp³-hybridized carbons (Fsp3) is 0.100. The average Bonchev–Trinajstić information content (AvgIpc) is 2.07. The molecule has 11 heavy (non-hydrogen) atoms. The van der Waals surface area contributed by atoms with Crippen LogP contribution in [0.15, 0.2) is 30.3 Å². The first kappa shape index (κ1) is 7.68. The summed E-state index contributed by atoms with van der Waals surface area (Å²) in [5.41, 5.74) is 1.19. The highest BCUT2D eigenvalue weighted by Crippen LogP contribution is 1.97. The van der Waals surface area contributed by atoms with Crippen LogP contribution in [0.4, 0.5) is 0 Å². The van der Waals surface area contributed by atoms with Crippen LogP contribution in [0, 0.1) is 19.1 Å². The largest absolute Gasteiger partial charge is 0.443 e. The van der Waals surface area contributed by atoms with Gasteiger partial charge in [-0.3, -0.25) is 0 Å². The molecule has 0 fully saturated rings. The van der Waals surface area contributed by atoms with Crippen molar-refractivity contribution in [3.05, 3.63) is 43.0 Å². The third kappa shape index (κ3) is 2.77. The summed E-state index contributed by atoms with van der Waals surface area (Å²) in [5, 5.41) is 0. The predicted octanol–water partition coefficient (Wildman–Crippen LogP) is 2.00. The fourth-order valence-corrected chi connectivity index (χ4v) is 0.785. The molecule has 0 unspecified atom stereocenters. The lowest BCUT2D eigenvalue weighted by atomic mass is 10.2. The molecule has 0 N–H and O–H groups in total. The minimum absolute atomic E-state index is 0.719. The molecule has 0 aliphatic rings. The molecule has 1 radical (unpaired) electrons. The summed E-state index contributed by atoms with van der Waals surface area (Å²) >= 11 is 0. The van der Waals surface area contributed by atoms with E-state index in [1.54, 1.807) is 0 Å². The fourth-order valence-electron chi connectivity index (χ4n) is 0.785. The first-order valence-corrected chi connectivity index (χ1v) is 3.36. The van der Waals surface area contributed by atoms with Crippen molar-refractivity contribution in [2.24, 2.45) is 0 Å². The molecule has 0 aliphatic carbocycles. The quantitative estimate of drug-likeness (QED) is 0.549. The van der Waals surface area contributed by atoms with Crippen molar-refractivity contribution in [3.8, 4) is 12.0 Å². The van der Waals surface area contributed by atoms with E-state index in [-0.39, 0.29) is 0 Å². The molecule has 1 nitrogen and oxygen atoms in total. The molecule has 55 valence electrons. The molecule has 0 saturated carbocycles. The second-order valence-electron chi connectivity index (χ2n) is 2.09. The average molecular weight is 145 g/mol. The Labute approximate surface area is 67.0 Å². The maximum absolute atomic E-state index is 4.35. The van der Waals surface area contributed by atoms with Crippen molar-refractivity contribution < 1.29 is 4.74 Å². The summed E-state index contributed by atoms with van der Waals surface area (Å²) in [6.07, 6.45) is 3.15. The van der Waals surface area contributed by atoms with Crippen LogP contribution in [0.25, 0.3) is 0 Å². The summed E-state index contributed by atoms with van der Waals surface area (Å²) in [4.78, 5) is 0. The number of hydrogen-bond acceptors (Lipinski definition) is 1. The van der Waals surface area contributed by atoms with Gasteiger partial charge in [0.15, 0.2) is 0 Å². The normalized spacial score (nSPS) is 8.09. The lowest BCUT2D eigenvalue weighted by molar-refractivity contribution is 0.430. The van der Waals surface area contributed by atoms with E-state index in [1.165, 1.54) is 5.56 Å². The Hall–Kier alpha value is -1.42. The lowest BCUT2D eigenvalue weighted by Crippen LogP contribution is -1.78. The van der Waals surface area contributed by atoms with Gasteiger partial charge in [0.2, 0.25) is 0 Å². The van der Waals surface area contributed by atoms with E-state index in [2.05, 4.69) is 23.9 Å².